The molecule has 0 aromatic heterocycles. The molecule has 1 aromatic carbocycles. The Morgan fingerprint density at radius 3 is 2.28 bits per heavy atom. The highest BCUT2D eigenvalue weighted by molar-refractivity contribution is 5.98. The van der Waals surface area contributed by atoms with Crippen molar-refractivity contribution in [2.75, 3.05) is 14.2 Å². The van der Waals surface area contributed by atoms with Gasteiger partial charge in [0.25, 0.3) is 0 Å². The van der Waals surface area contributed by atoms with Gasteiger partial charge in [-0.05, 0) is 18.6 Å². The largest absolute Gasteiger partial charge is 0.496 e. The molecule has 0 saturated carbocycles. The van der Waals surface area contributed by atoms with Gasteiger partial charge in [-0.1, -0.05) is 25.1 Å². The molecule has 0 saturated heterocycles. The number of hydrogen-bond donors (Lipinski definition) is 0. The van der Waals surface area contributed by atoms with Crippen LogP contribution in [0, 0.1) is 5.92 Å². The van der Waals surface area contributed by atoms with Crippen molar-refractivity contribution in [2.24, 2.45) is 5.92 Å². The SMILES string of the molecule is COC(=O)C(C(C)=O)C(C)c1ccccc1OC. The first-order valence-electron chi connectivity index (χ1n) is 5.74. The smallest absolute Gasteiger partial charge is 0.316 e. The highest BCUT2D eigenvalue weighted by atomic mass is 16.5. The molecule has 4 nitrogen and oxygen atoms in total. The highest BCUT2D eigenvalue weighted by Gasteiger charge is 2.32. The Bertz CT molecular complexity index is 439. The van der Waals surface area contributed by atoms with Crippen molar-refractivity contribution in [3.63, 3.8) is 0 Å². The van der Waals surface area contributed by atoms with E-state index in [1.165, 1.54) is 14.0 Å². The van der Waals surface area contributed by atoms with Crippen LogP contribution in [0.25, 0.3) is 0 Å². The van der Waals surface area contributed by atoms with Gasteiger partial charge in [-0.3, -0.25) is 9.59 Å². The zero-order valence-electron chi connectivity index (χ0n) is 11.1. The van der Waals surface area contributed by atoms with Crippen molar-refractivity contribution in [2.45, 2.75) is 19.8 Å². The lowest BCUT2D eigenvalue weighted by atomic mass is 9.84. The zero-order chi connectivity index (χ0) is 13.7. The van der Waals surface area contributed by atoms with Gasteiger partial charge in [0.05, 0.1) is 14.2 Å². The van der Waals surface area contributed by atoms with Gasteiger partial charge >= 0.3 is 5.97 Å². The maximum atomic E-state index is 11.7. The van der Waals surface area contributed by atoms with Gasteiger partial charge in [0.1, 0.15) is 17.5 Å². The summed E-state index contributed by atoms with van der Waals surface area (Å²) in [7, 11) is 2.85. The van der Waals surface area contributed by atoms with Crippen molar-refractivity contribution >= 4 is 11.8 Å². The molecule has 2 unspecified atom stereocenters. The van der Waals surface area contributed by atoms with Crippen LogP contribution in [0.5, 0.6) is 5.75 Å². The van der Waals surface area contributed by atoms with Crippen molar-refractivity contribution in [3.8, 4) is 5.75 Å². The van der Waals surface area contributed by atoms with E-state index in [1.807, 2.05) is 25.1 Å². The van der Waals surface area contributed by atoms with E-state index in [2.05, 4.69) is 4.74 Å². The van der Waals surface area contributed by atoms with E-state index in [1.54, 1.807) is 13.2 Å². The van der Waals surface area contributed by atoms with E-state index in [9.17, 15) is 9.59 Å². The number of methoxy groups -OCH3 is 2. The molecular formula is C14H18O4. The monoisotopic (exact) mass is 250 g/mol. The molecule has 0 radical (unpaired) electrons. The Morgan fingerprint density at radius 2 is 1.78 bits per heavy atom. The molecule has 0 aliphatic heterocycles. The van der Waals surface area contributed by atoms with E-state index < -0.39 is 11.9 Å². The number of hydrogen-bond acceptors (Lipinski definition) is 4. The zero-order valence-corrected chi connectivity index (χ0v) is 11.1. The van der Waals surface area contributed by atoms with Crippen molar-refractivity contribution in [1.29, 1.82) is 0 Å². The molecule has 0 spiro atoms. The molecule has 2 atom stereocenters. The van der Waals surface area contributed by atoms with Gasteiger partial charge in [-0.2, -0.15) is 0 Å². The molecule has 4 heteroatoms. The Kier molecular flexibility index (Phi) is 4.89. The van der Waals surface area contributed by atoms with Crippen molar-refractivity contribution < 1.29 is 19.1 Å². The lowest BCUT2D eigenvalue weighted by Gasteiger charge is -2.21. The van der Waals surface area contributed by atoms with Crippen LogP contribution in [-0.4, -0.2) is 26.0 Å². The Morgan fingerprint density at radius 1 is 1.17 bits per heavy atom. The fourth-order valence-electron chi connectivity index (χ4n) is 2.07. The van der Waals surface area contributed by atoms with E-state index in [0.29, 0.717) is 5.75 Å². The van der Waals surface area contributed by atoms with Crippen molar-refractivity contribution in [1.82, 2.24) is 0 Å². The lowest BCUT2D eigenvalue weighted by Crippen LogP contribution is -2.28. The Hall–Kier alpha value is -1.84. The van der Waals surface area contributed by atoms with E-state index in [0.717, 1.165) is 5.56 Å². The van der Waals surface area contributed by atoms with Gasteiger partial charge in [0, 0.05) is 5.92 Å². The molecule has 0 aliphatic carbocycles. The average Bonchev–Trinajstić information content (AvgIpc) is 2.37. The van der Waals surface area contributed by atoms with E-state index >= 15 is 0 Å². The molecule has 1 aromatic rings. The van der Waals surface area contributed by atoms with Crippen LogP contribution in [-0.2, 0) is 14.3 Å². The number of para-hydroxylation sites is 1. The lowest BCUT2D eigenvalue weighted by molar-refractivity contribution is -0.149. The molecule has 0 bridgehead atoms. The average molecular weight is 250 g/mol. The molecule has 0 aliphatic rings. The topological polar surface area (TPSA) is 52.6 Å². The standard InChI is InChI=1S/C14H18O4/c1-9(13(10(2)15)14(16)18-4)11-7-5-6-8-12(11)17-3/h5-9,13H,1-4H3. The van der Waals surface area contributed by atoms with Crippen molar-refractivity contribution in [3.05, 3.63) is 29.8 Å². The summed E-state index contributed by atoms with van der Waals surface area (Å²) in [5.41, 5.74) is 0.825. The predicted octanol–water partition coefficient (Wildman–Crippen LogP) is 2.18. The second-order valence-corrected chi connectivity index (χ2v) is 4.14. The van der Waals surface area contributed by atoms with Gasteiger partial charge in [-0.25, -0.2) is 0 Å². The maximum Gasteiger partial charge on any atom is 0.316 e. The van der Waals surface area contributed by atoms with Crippen LogP contribution in [0.3, 0.4) is 0 Å². The van der Waals surface area contributed by atoms with Gasteiger partial charge in [0.2, 0.25) is 0 Å². The number of carbonyl (C=O) groups excluding carboxylic acids is 2. The molecule has 0 amide bonds. The summed E-state index contributed by atoms with van der Waals surface area (Å²) in [6.45, 7) is 3.22. The normalized spacial score (nSPS) is 13.6. The third-order valence-corrected chi connectivity index (χ3v) is 3.02. The van der Waals surface area contributed by atoms with Crippen LogP contribution in [0.15, 0.2) is 24.3 Å². The molecule has 1 rings (SSSR count). The quantitative estimate of drug-likeness (QED) is 0.593. The van der Waals surface area contributed by atoms with E-state index in [4.69, 9.17) is 4.74 Å². The minimum absolute atomic E-state index is 0.208. The van der Waals surface area contributed by atoms with Crippen LogP contribution in [0.4, 0.5) is 0 Å². The second-order valence-electron chi connectivity index (χ2n) is 4.14. The predicted molar refractivity (Wildman–Crippen MR) is 67.6 cm³/mol. The number of Topliss-reactive ketones (excluding diaryl/α,β-unsaturated/α-hetero) is 1. The summed E-state index contributed by atoms with van der Waals surface area (Å²) >= 11 is 0. The van der Waals surface area contributed by atoms with Gasteiger partial charge < -0.3 is 9.47 Å². The number of benzene rings is 1. The summed E-state index contributed by atoms with van der Waals surface area (Å²) in [6, 6.07) is 7.35. The first kappa shape index (κ1) is 14.2. The molecular weight excluding hydrogens is 232 g/mol. The molecule has 0 N–H and O–H groups in total. The Labute approximate surface area is 107 Å². The third kappa shape index (κ3) is 2.88. The summed E-state index contributed by atoms with van der Waals surface area (Å²) in [5.74, 6) is -1.14. The molecule has 98 valence electrons. The summed E-state index contributed by atoms with van der Waals surface area (Å²) in [6.07, 6.45) is 0. The first-order valence-corrected chi connectivity index (χ1v) is 5.74. The summed E-state index contributed by atoms with van der Waals surface area (Å²) in [4.78, 5) is 23.3. The maximum absolute atomic E-state index is 11.7. The molecule has 0 heterocycles. The van der Waals surface area contributed by atoms with Gasteiger partial charge in [-0.15, -0.1) is 0 Å². The van der Waals surface area contributed by atoms with Crippen LogP contribution in [0.1, 0.15) is 25.3 Å². The van der Waals surface area contributed by atoms with Crippen LogP contribution < -0.4 is 4.74 Å². The van der Waals surface area contributed by atoms with E-state index in [-0.39, 0.29) is 11.7 Å². The minimum atomic E-state index is -0.800. The number of ether oxygens (including phenoxy) is 2. The number of esters is 1. The van der Waals surface area contributed by atoms with Gasteiger partial charge in [0.15, 0.2) is 0 Å². The number of carbonyl (C=O) groups is 2. The number of rotatable bonds is 5. The Balaban J connectivity index is 3.13. The fourth-order valence-corrected chi connectivity index (χ4v) is 2.07. The first-order chi connectivity index (χ1) is 8.52. The molecule has 18 heavy (non-hydrogen) atoms. The van der Waals surface area contributed by atoms with Crippen LogP contribution >= 0.6 is 0 Å². The minimum Gasteiger partial charge on any atom is -0.496 e. The third-order valence-electron chi connectivity index (χ3n) is 3.02. The fraction of sp³-hybridized carbons (Fsp3) is 0.429. The molecule has 0 fully saturated rings. The van der Waals surface area contributed by atoms with Crippen LogP contribution in [0.2, 0.25) is 0 Å². The summed E-state index contributed by atoms with van der Waals surface area (Å²) in [5, 5.41) is 0. The highest BCUT2D eigenvalue weighted by Crippen LogP contribution is 2.32. The number of ketones is 1. The second kappa shape index (κ2) is 6.19. The summed E-state index contributed by atoms with van der Waals surface area (Å²) < 4.78 is 9.94.